The molecule has 2 aromatic rings. The lowest BCUT2D eigenvalue weighted by Crippen LogP contribution is -2.09. The summed E-state index contributed by atoms with van der Waals surface area (Å²) in [4.78, 5) is 18.4. The van der Waals surface area contributed by atoms with E-state index in [9.17, 15) is 9.18 Å². The molecule has 0 radical (unpaired) electrons. The molecule has 2 N–H and O–H groups in total. The van der Waals surface area contributed by atoms with Crippen LogP contribution in [0.25, 0.3) is 0 Å². The summed E-state index contributed by atoms with van der Waals surface area (Å²) in [6.07, 6.45) is 3.23. The number of aromatic nitrogens is 2. The van der Waals surface area contributed by atoms with Crippen LogP contribution in [0.15, 0.2) is 36.7 Å². The molecule has 1 aromatic carbocycles. The Hall–Kier alpha value is -2.50. The van der Waals surface area contributed by atoms with Crippen molar-refractivity contribution in [2.45, 2.75) is 6.42 Å². The molecule has 0 bridgehead atoms. The van der Waals surface area contributed by atoms with Gasteiger partial charge in [-0.25, -0.2) is 14.2 Å². The van der Waals surface area contributed by atoms with Gasteiger partial charge in [-0.1, -0.05) is 12.1 Å². The van der Waals surface area contributed by atoms with Crippen molar-refractivity contribution >= 4 is 11.8 Å². The van der Waals surface area contributed by atoms with E-state index < -0.39 is 5.97 Å². The minimum atomic E-state index is -1.12. The number of anilines is 1. The topological polar surface area (TPSA) is 75.1 Å². The van der Waals surface area contributed by atoms with Crippen LogP contribution >= 0.6 is 0 Å². The van der Waals surface area contributed by atoms with E-state index in [1.807, 2.05) is 6.07 Å². The molecule has 1 aromatic heterocycles. The van der Waals surface area contributed by atoms with Crippen LogP contribution in [-0.4, -0.2) is 27.6 Å². The van der Waals surface area contributed by atoms with E-state index >= 15 is 0 Å². The fraction of sp³-hybridized carbons (Fsp3) is 0.154. The average Bonchev–Trinajstić information content (AvgIpc) is 2.39. The van der Waals surface area contributed by atoms with Crippen molar-refractivity contribution < 1.29 is 14.3 Å². The molecule has 0 aliphatic carbocycles. The molecule has 0 aliphatic rings. The van der Waals surface area contributed by atoms with E-state index in [1.165, 1.54) is 24.5 Å². The monoisotopic (exact) mass is 261 g/mol. The van der Waals surface area contributed by atoms with E-state index in [1.54, 1.807) is 6.07 Å². The Morgan fingerprint density at radius 3 is 2.95 bits per heavy atom. The second-order valence-corrected chi connectivity index (χ2v) is 3.90. The van der Waals surface area contributed by atoms with Gasteiger partial charge in [0.05, 0.1) is 12.4 Å². The number of halogens is 1. The number of carboxylic acid groups (broad SMARTS) is 1. The third-order valence-electron chi connectivity index (χ3n) is 2.46. The number of carboxylic acids is 1. The van der Waals surface area contributed by atoms with Gasteiger partial charge < -0.3 is 10.4 Å². The van der Waals surface area contributed by atoms with Gasteiger partial charge in [-0.15, -0.1) is 0 Å². The maximum atomic E-state index is 13.0. The Kier molecular flexibility index (Phi) is 4.02. The number of nitrogens with one attached hydrogen (secondary N) is 1. The minimum absolute atomic E-state index is 0.115. The molecule has 0 fully saturated rings. The van der Waals surface area contributed by atoms with Crippen LogP contribution in [0, 0.1) is 5.82 Å². The summed E-state index contributed by atoms with van der Waals surface area (Å²) < 4.78 is 13.0. The number of hydrogen-bond donors (Lipinski definition) is 2. The Bertz CT molecular complexity index is 590. The summed E-state index contributed by atoms with van der Waals surface area (Å²) in [5.41, 5.74) is 0.741. The van der Waals surface area contributed by atoms with Crippen LogP contribution in [0.3, 0.4) is 0 Å². The van der Waals surface area contributed by atoms with Crippen LogP contribution < -0.4 is 5.32 Å². The average molecular weight is 261 g/mol. The highest BCUT2D eigenvalue weighted by atomic mass is 19.1. The predicted molar refractivity (Wildman–Crippen MR) is 67.6 cm³/mol. The molecular formula is C13H12FN3O2. The first-order valence-electron chi connectivity index (χ1n) is 5.69. The van der Waals surface area contributed by atoms with Crippen molar-refractivity contribution in [3.05, 3.63) is 53.7 Å². The van der Waals surface area contributed by atoms with Gasteiger partial charge in [0, 0.05) is 6.54 Å². The van der Waals surface area contributed by atoms with Gasteiger partial charge in [0.2, 0.25) is 0 Å². The van der Waals surface area contributed by atoms with Crippen LogP contribution in [-0.2, 0) is 6.42 Å². The molecule has 5 nitrogen and oxygen atoms in total. The molecule has 6 heteroatoms. The maximum absolute atomic E-state index is 13.0. The van der Waals surface area contributed by atoms with Crippen LogP contribution in [0.2, 0.25) is 0 Å². The number of carbonyl (C=O) groups is 1. The molecule has 0 aliphatic heterocycles. The van der Waals surface area contributed by atoms with Gasteiger partial charge in [0.1, 0.15) is 11.6 Å². The van der Waals surface area contributed by atoms with Gasteiger partial charge in [0.15, 0.2) is 5.69 Å². The second-order valence-electron chi connectivity index (χ2n) is 3.90. The second kappa shape index (κ2) is 5.90. The minimum Gasteiger partial charge on any atom is -0.476 e. The van der Waals surface area contributed by atoms with Gasteiger partial charge in [-0.3, -0.25) is 4.98 Å². The lowest BCUT2D eigenvalue weighted by atomic mass is 10.1. The lowest BCUT2D eigenvalue weighted by molar-refractivity contribution is 0.0690. The number of nitrogens with zero attached hydrogens (tertiary/aromatic N) is 2. The summed E-state index contributed by atoms with van der Waals surface area (Å²) in [5.74, 6) is -1.01. The van der Waals surface area contributed by atoms with Crippen LogP contribution in [0.5, 0.6) is 0 Å². The highest BCUT2D eigenvalue weighted by Gasteiger charge is 2.05. The number of rotatable bonds is 5. The Balaban J connectivity index is 1.92. The van der Waals surface area contributed by atoms with E-state index in [-0.39, 0.29) is 11.5 Å². The standard InChI is InChI=1S/C13H12FN3O2/c14-10-3-1-2-9(6-10)4-5-16-12-8-15-7-11(17-12)13(18)19/h1-3,6-8H,4-5H2,(H,16,17)(H,18,19). The van der Waals surface area contributed by atoms with Crippen molar-refractivity contribution in [1.82, 2.24) is 9.97 Å². The van der Waals surface area contributed by atoms with E-state index in [4.69, 9.17) is 5.11 Å². The molecule has 98 valence electrons. The van der Waals surface area contributed by atoms with Gasteiger partial charge in [-0.05, 0) is 24.1 Å². The first-order valence-corrected chi connectivity index (χ1v) is 5.69. The van der Waals surface area contributed by atoms with Crippen molar-refractivity contribution in [3.63, 3.8) is 0 Å². The number of benzene rings is 1. The first-order chi connectivity index (χ1) is 9.15. The number of hydrogen-bond acceptors (Lipinski definition) is 4. The zero-order chi connectivity index (χ0) is 13.7. The molecule has 0 saturated carbocycles. The number of aromatic carboxylic acids is 1. The molecule has 19 heavy (non-hydrogen) atoms. The third-order valence-corrected chi connectivity index (χ3v) is 2.46. The normalized spacial score (nSPS) is 10.2. The fourth-order valence-electron chi connectivity index (χ4n) is 1.58. The smallest absolute Gasteiger partial charge is 0.356 e. The third kappa shape index (κ3) is 3.74. The zero-order valence-corrected chi connectivity index (χ0v) is 10.0. The predicted octanol–water partition coefficient (Wildman–Crippen LogP) is 1.97. The van der Waals surface area contributed by atoms with Crippen molar-refractivity contribution in [2.24, 2.45) is 0 Å². The van der Waals surface area contributed by atoms with Gasteiger partial charge in [0.25, 0.3) is 0 Å². The lowest BCUT2D eigenvalue weighted by Gasteiger charge is -2.05. The fourth-order valence-corrected chi connectivity index (χ4v) is 1.58. The molecule has 0 saturated heterocycles. The zero-order valence-electron chi connectivity index (χ0n) is 10.0. The van der Waals surface area contributed by atoms with Crippen molar-refractivity contribution in [3.8, 4) is 0 Å². The summed E-state index contributed by atoms with van der Waals surface area (Å²) in [7, 11) is 0. The molecule has 2 rings (SSSR count). The highest BCUT2D eigenvalue weighted by molar-refractivity contribution is 5.85. The summed E-state index contributed by atoms with van der Waals surface area (Å²) >= 11 is 0. The van der Waals surface area contributed by atoms with Crippen LogP contribution in [0.1, 0.15) is 16.1 Å². The van der Waals surface area contributed by atoms with Crippen molar-refractivity contribution in [1.29, 1.82) is 0 Å². The van der Waals surface area contributed by atoms with Gasteiger partial charge in [-0.2, -0.15) is 0 Å². The molecule has 0 atom stereocenters. The SMILES string of the molecule is O=C(O)c1cncc(NCCc2cccc(F)c2)n1. The Morgan fingerprint density at radius 1 is 1.37 bits per heavy atom. The summed E-state index contributed by atoms with van der Waals surface area (Å²) in [5, 5.41) is 11.7. The molecule has 1 heterocycles. The quantitative estimate of drug-likeness (QED) is 0.860. The van der Waals surface area contributed by atoms with Crippen LogP contribution in [0.4, 0.5) is 10.2 Å². The van der Waals surface area contributed by atoms with Gasteiger partial charge >= 0.3 is 5.97 Å². The Morgan fingerprint density at radius 2 is 2.21 bits per heavy atom. The largest absolute Gasteiger partial charge is 0.476 e. The molecule has 0 unspecified atom stereocenters. The molecule has 0 amide bonds. The summed E-state index contributed by atoms with van der Waals surface area (Å²) in [6.45, 7) is 0.515. The van der Waals surface area contributed by atoms with E-state index in [2.05, 4.69) is 15.3 Å². The maximum Gasteiger partial charge on any atom is 0.356 e. The Labute approximate surface area is 109 Å². The first kappa shape index (κ1) is 12.9. The van der Waals surface area contributed by atoms with E-state index in [0.717, 1.165) is 5.56 Å². The molecule has 0 spiro atoms. The summed E-state index contributed by atoms with van der Waals surface area (Å²) in [6, 6.07) is 6.32. The van der Waals surface area contributed by atoms with E-state index in [0.29, 0.717) is 18.8 Å². The van der Waals surface area contributed by atoms with Crippen molar-refractivity contribution in [2.75, 3.05) is 11.9 Å². The highest BCUT2D eigenvalue weighted by Crippen LogP contribution is 2.06. The molecular weight excluding hydrogens is 249 g/mol.